The molecule has 2 aromatic rings. The zero-order chi connectivity index (χ0) is 16.4. The van der Waals surface area contributed by atoms with E-state index in [4.69, 9.17) is 4.74 Å². The number of carbonyl (C=O) groups is 2. The maximum Gasteiger partial charge on any atom is 0.343 e. The molecule has 1 fully saturated rings. The Morgan fingerprint density at radius 2 is 1.83 bits per heavy atom. The third-order valence-corrected chi connectivity index (χ3v) is 4.03. The summed E-state index contributed by atoms with van der Waals surface area (Å²) in [5.41, 5.74) is 3.42. The molecule has 1 amide bonds. The van der Waals surface area contributed by atoms with Gasteiger partial charge in [0.1, 0.15) is 5.75 Å². The summed E-state index contributed by atoms with van der Waals surface area (Å²) in [6, 6.07) is 12.7. The highest BCUT2D eigenvalue weighted by Crippen LogP contribution is 2.24. The van der Waals surface area contributed by atoms with Crippen LogP contribution in [0.15, 0.2) is 42.5 Å². The van der Waals surface area contributed by atoms with E-state index < -0.39 is 0 Å². The standard InChI is InChI=1S/C19H19NO3/c1-13-5-10-17(14(2)12-13)19(22)23-16-8-6-15(7-9-16)20-11-3-4-18(20)21/h5-10,12H,3-4,11H2,1-2H3. The second kappa shape index (κ2) is 6.24. The van der Waals surface area contributed by atoms with Crippen LogP contribution in [0.1, 0.15) is 34.3 Å². The Balaban J connectivity index is 1.73. The largest absolute Gasteiger partial charge is 0.423 e. The van der Waals surface area contributed by atoms with Crippen LogP contribution in [0.5, 0.6) is 5.75 Å². The van der Waals surface area contributed by atoms with E-state index in [0.717, 1.165) is 29.8 Å². The summed E-state index contributed by atoms with van der Waals surface area (Å²) in [6.07, 6.45) is 1.49. The van der Waals surface area contributed by atoms with Crippen molar-refractivity contribution in [2.45, 2.75) is 26.7 Å². The summed E-state index contributed by atoms with van der Waals surface area (Å²) in [6.45, 7) is 4.63. The van der Waals surface area contributed by atoms with E-state index in [1.54, 1.807) is 23.1 Å². The number of carbonyl (C=O) groups excluding carboxylic acids is 2. The van der Waals surface area contributed by atoms with Crippen LogP contribution in [0.2, 0.25) is 0 Å². The topological polar surface area (TPSA) is 46.6 Å². The summed E-state index contributed by atoms with van der Waals surface area (Å²) in [5.74, 6) is 0.253. The number of rotatable bonds is 3. The van der Waals surface area contributed by atoms with Gasteiger partial charge in [0, 0.05) is 18.7 Å². The summed E-state index contributed by atoms with van der Waals surface area (Å²) in [7, 11) is 0. The van der Waals surface area contributed by atoms with Crippen LogP contribution in [0.4, 0.5) is 5.69 Å². The predicted octanol–water partition coefficient (Wildman–Crippen LogP) is 3.65. The van der Waals surface area contributed by atoms with Gasteiger partial charge >= 0.3 is 5.97 Å². The normalized spacial score (nSPS) is 14.2. The van der Waals surface area contributed by atoms with Crippen molar-refractivity contribution < 1.29 is 14.3 Å². The number of aryl methyl sites for hydroxylation is 2. The van der Waals surface area contributed by atoms with Crippen LogP contribution in [0.25, 0.3) is 0 Å². The van der Waals surface area contributed by atoms with Crippen molar-refractivity contribution in [2.24, 2.45) is 0 Å². The highest BCUT2D eigenvalue weighted by atomic mass is 16.5. The quantitative estimate of drug-likeness (QED) is 0.642. The van der Waals surface area contributed by atoms with Gasteiger partial charge in [0.2, 0.25) is 5.91 Å². The van der Waals surface area contributed by atoms with Gasteiger partial charge in [-0.1, -0.05) is 17.7 Å². The fourth-order valence-corrected chi connectivity index (χ4v) is 2.82. The summed E-state index contributed by atoms with van der Waals surface area (Å²) < 4.78 is 5.42. The maximum atomic E-state index is 12.3. The SMILES string of the molecule is Cc1ccc(C(=O)Oc2ccc(N3CCCC3=O)cc2)c(C)c1. The first-order valence-corrected chi connectivity index (χ1v) is 7.74. The van der Waals surface area contributed by atoms with Crippen molar-refractivity contribution in [3.63, 3.8) is 0 Å². The number of anilines is 1. The molecule has 23 heavy (non-hydrogen) atoms. The number of nitrogens with zero attached hydrogens (tertiary/aromatic N) is 1. The van der Waals surface area contributed by atoms with Crippen molar-refractivity contribution in [2.75, 3.05) is 11.4 Å². The average Bonchev–Trinajstić information content (AvgIpc) is 2.94. The molecule has 0 bridgehead atoms. The van der Waals surface area contributed by atoms with E-state index in [1.165, 1.54) is 0 Å². The monoisotopic (exact) mass is 309 g/mol. The van der Waals surface area contributed by atoms with Crippen LogP contribution in [0.3, 0.4) is 0 Å². The van der Waals surface area contributed by atoms with Gasteiger partial charge in [0.05, 0.1) is 5.56 Å². The molecule has 4 heteroatoms. The van der Waals surface area contributed by atoms with E-state index in [9.17, 15) is 9.59 Å². The first-order valence-electron chi connectivity index (χ1n) is 7.74. The Morgan fingerprint density at radius 3 is 2.43 bits per heavy atom. The van der Waals surface area contributed by atoms with Gasteiger partial charge in [-0.2, -0.15) is 0 Å². The Hall–Kier alpha value is -2.62. The Labute approximate surface area is 135 Å². The van der Waals surface area contributed by atoms with Gasteiger partial charge in [-0.25, -0.2) is 4.79 Å². The third-order valence-electron chi connectivity index (χ3n) is 4.03. The van der Waals surface area contributed by atoms with Crippen molar-refractivity contribution in [1.29, 1.82) is 0 Å². The molecule has 1 aliphatic heterocycles. The van der Waals surface area contributed by atoms with E-state index >= 15 is 0 Å². The molecule has 3 rings (SSSR count). The average molecular weight is 309 g/mol. The minimum Gasteiger partial charge on any atom is -0.423 e. The van der Waals surface area contributed by atoms with Crippen molar-refractivity contribution in [1.82, 2.24) is 0 Å². The molecule has 0 atom stereocenters. The number of benzene rings is 2. The number of ether oxygens (including phenoxy) is 1. The van der Waals surface area contributed by atoms with Gasteiger partial charge < -0.3 is 9.64 Å². The number of hydrogen-bond acceptors (Lipinski definition) is 3. The molecule has 2 aromatic carbocycles. The second-order valence-corrected chi connectivity index (χ2v) is 5.85. The summed E-state index contributed by atoms with van der Waals surface area (Å²) >= 11 is 0. The van der Waals surface area contributed by atoms with Crippen LogP contribution < -0.4 is 9.64 Å². The molecule has 1 aliphatic rings. The Kier molecular flexibility index (Phi) is 4.15. The number of esters is 1. The van der Waals surface area contributed by atoms with Crippen molar-refractivity contribution in [3.05, 3.63) is 59.2 Å². The minimum atomic E-state index is -0.368. The molecule has 0 spiro atoms. The minimum absolute atomic E-state index is 0.144. The summed E-state index contributed by atoms with van der Waals surface area (Å²) in [5, 5.41) is 0. The zero-order valence-corrected chi connectivity index (χ0v) is 13.3. The van der Waals surface area contributed by atoms with Gasteiger partial charge in [-0.05, 0) is 56.2 Å². The van der Waals surface area contributed by atoms with Gasteiger partial charge in [-0.15, -0.1) is 0 Å². The molecule has 118 valence electrons. The fraction of sp³-hybridized carbons (Fsp3) is 0.263. The molecular formula is C19H19NO3. The zero-order valence-electron chi connectivity index (χ0n) is 13.3. The number of amides is 1. The molecule has 0 aliphatic carbocycles. The predicted molar refractivity (Wildman–Crippen MR) is 88.9 cm³/mol. The van der Waals surface area contributed by atoms with E-state index in [1.807, 2.05) is 38.1 Å². The van der Waals surface area contributed by atoms with Crippen molar-refractivity contribution in [3.8, 4) is 5.75 Å². The molecule has 1 heterocycles. The van der Waals surface area contributed by atoms with Crippen molar-refractivity contribution >= 4 is 17.6 Å². The smallest absolute Gasteiger partial charge is 0.343 e. The fourth-order valence-electron chi connectivity index (χ4n) is 2.82. The lowest BCUT2D eigenvalue weighted by atomic mass is 10.1. The molecule has 0 saturated carbocycles. The Bertz CT molecular complexity index is 750. The Morgan fingerprint density at radius 1 is 1.09 bits per heavy atom. The molecule has 4 nitrogen and oxygen atoms in total. The lowest BCUT2D eigenvalue weighted by Crippen LogP contribution is -2.23. The maximum absolute atomic E-state index is 12.3. The van der Waals surface area contributed by atoms with Gasteiger partial charge in [-0.3, -0.25) is 4.79 Å². The van der Waals surface area contributed by atoms with Gasteiger partial charge in [0.15, 0.2) is 0 Å². The molecule has 0 unspecified atom stereocenters. The number of hydrogen-bond donors (Lipinski definition) is 0. The molecular weight excluding hydrogens is 290 g/mol. The first-order chi connectivity index (χ1) is 11.0. The molecule has 0 N–H and O–H groups in total. The van der Waals surface area contributed by atoms with Crippen LogP contribution in [-0.4, -0.2) is 18.4 Å². The lowest BCUT2D eigenvalue weighted by Gasteiger charge is -2.16. The molecule has 1 saturated heterocycles. The van der Waals surface area contributed by atoms with Crippen LogP contribution in [-0.2, 0) is 4.79 Å². The first kappa shape index (κ1) is 15.3. The highest BCUT2D eigenvalue weighted by molar-refractivity contribution is 5.95. The van der Waals surface area contributed by atoms with E-state index in [2.05, 4.69) is 0 Å². The third kappa shape index (κ3) is 3.26. The lowest BCUT2D eigenvalue weighted by molar-refractivity contribution is -0.117. The summed E-state index contributed by atoms with van der Waals surface area (Å²) in [4.78, 5) is 25.7. The van der Waals surface area contributed by atoms with Crippen LogP contribution in [0, 0.1) is 13.8 Å². The van der Waals surface area contributed by atoms with E-state index in [0.29, 0.717) is 17.7 Å². The van der Waals surface area contributed by atoms with Gasteiger partial charge in [0.25, 0.3) is 0 Å². The van der Waals surface area contributed by atoms with Crippen LogP contribution >= 0.6 is 0 Å². The molecule has 0 aromatic heterocycles. The second-order valence-electron chi connectivity index (χ2n) is 5.85. The van der Waals surface area contributed by atoms with E-state index in [-0.39, 0.29) is 11.9 Å². The highest BCUT2D eigenvalue weighted by Gasteiger charge is 2.21. The molecule has 0 radical (unpaired) electrons.